The van der Waals surface area contributed by atoms with Crippen LogP contribution in [-0.2, 0) is 24.3 Å². The molecule has 1 heterocycles. The fraction of sp³-hybridized carbons (Fsp3) is 0.231. The second-order valence-electron chi connectivity index (χ2n) is 8.37. The zero-order chi connectivity index (χ0) is 25.8. The number of nitrogens with one attached hydrogen (secondary N) is 2. The summed E-state index contributed by atoms with van der Waals surface area (Å²) >= 11 is 12.2. The van der Waals surface area contributed by atoms with Crippen LogP contribution in [0.3, 0.4) is 0 Å². The van der Waals surface area contributed by atoms with Crippen LogP contribution in [0, 0.1) is 0 Å². The van der Waals surface area contributed by atoms with E-state index in [0.29, 0.717) is 52.4 Å². The fourth-order valence-corrected chi connectivity index (χ4v) is 4.56. The maximum Gasteiger partial charge on any atom is 0.323 e. The Bertz CT molecular complexity index is 1300. The van der Waals surface area contributed by atoms with Gasteiger partial charge in [-0.25, -0.2) is 4.79 Å². The van der Waals surface area contributed by atoms with Gasteiger partial charge in [-0.1, -0.05) is 35.3 Å². The molecule has 3 aromatic rings. The van der Waals surface area contributed by atoms with Gasteiger partial charge in [-0.2, -0.15) is 0 Å². The number of nitrogens with two attached hydrogens (primary N) is 1. The van der Waals surface area contributed by atoms with E-state index in [1.165, 1.54) is 7.11 Å². The summed E-state index contributed by atoms with van der Waals surface area (Å²) in [6.45, 7) is 0.848. The van der Waals surface area contributed by atoms with Crippen LogP contribution in [0.15, 0.2) is 54.6 Å². The highest BCUT2D eigenvalue weighted by atomic mass is 35.5. The van der Waals surface area contributed by atoms with Gasteiger partial charge in [-0.05, 0) is 59.5 Å². The summed E-state index contributed by atoms with van der Waals surface area (Å²) in [6.07, 6.45) is 0.308. The lowest BCUT2D eigenvalue weighted by molar-refractivity contribution is -0.133. The van der Waals surface area contributed by atoms with Crippen molar-refractivity contribution in [2.75, 3.05) is 24.9 Å². The van der Waals surface area contributed by atoms with E-state index < -0.39 is 12.1 Å². The van der Waals surface area contributed by atoms with Crippen LogP contribution >= 0.6 is 23.2 Å². The highest BCUT2D eigenvalue weighted by Gasteiger charge is 2.28. The number of anilines is 2. The lowest BCUT2D eigenvalue weighted by atomic mass is 10.1. The molecule has 3 aromatic carbocycles. The van der Waals surface area contributed by atoms with Crippen molar-refractivity contribution in [2.24, 2.45) is 5.73 Å². The molecule has 0 bridgehead atoms. The second kappa shape index (κ2) is 11.1. The molecular formula is C26H26Cl2N4O4. The predicted molar refractivity (Wildman–Crippen MR) is 141 cm³/mol. The number of nitrogens with zero attached hydrogens (tertiary/aromatic N) is 1. The smallest absolute Gasteiger partial charge is 0.323 e. The minimum atomic E-state index is -0.737. The summed E-state index contributed by atoms with van der Waals surface area (Å²) in [4.78, 5) is 27.3. The topological polar surface area (TPSA) is 106 Å². The highest BCUT2D eigenvalue weighted by molar-refractivity contribution is 6.35. The number of methoxy groups -OCH3 is 2. The van der Waals surface area contributed by atoms with Gasteiger partial charge >= 0.3 is 6.03 Å². The van der Waals surface area contributed by atoms with Gasteiger partial charge in [0.1, 0.15) is 11.5 Å². The zero-order valence-corrected chi connectivity index (χ0v) is 21.3. The lowest BCUT2D eigenvalue weighted by Crippen LogP contribution is -2.42. The summed E-state index contributed by atoms with van der Waals surface area (Å²) in [7, 11) is 3.07. The van der Waals surface area contributed by atoms with Crippen LogP contribution in [-0.4, -0.2) is 37.1 Å². The van der Waals surface area contributed by atoms with E-state index in [0.717, 1.165) is 16.7 Å². The molecule has 1 atom stereocenters. The molecule has 10 heteroatoms. The molecule has 1 aliphatic rings. The molecule has 0 saturated carbocycles. The van der Waals surface area contributed by atoms with Crippen LogP contribution < -0.4 is 25.8 Å². The Morgan fingerprint density at radius 1 is 0.972 bits per heavy atom. The van der Waals surface area contributed by atoms with Crippen LogP contribution in [0.25, 0.3) is 0 Å². The molecule has 0 radical (unpaired) electrons. The van der Waals surface area contributed by atoms with Crippen molar-refractivity contribution in [2.45, 2.75) is 25.6 Å². The predicted octanol–water partition coefficient (Wildman–Crippen LogP) is 5.07. The second-order valence-corrected chi connectivity index (χ2v) is 9.21. The number of amides is 3. The molecule has 0 aromatic heterocycles. The first-order valence-electron chi connectivity index (χ1n) is 11.2. The number of rotatable bonds is 7. The number of benzene rings is 3. The molecule has 0 fully saturated rings. The molecule has 0 aliphatic carbocycles. The van der Waals surface area contributed by atoms with E-state index >= 15 is 0 Å². The summed E-state index contributed by atoms with van der Waals surface area (Å²) < 4.78 is 10.5. The molecule has 1 aliphatic heterocycles. The lowest BCUT2D eigenvalue weighted by Gasteiger charge is -2.20. The largest absolute Gasteiger partial charge is 0.497 e. The number of hydrogen-bond donors (Lipinski definition) is 3. The SMILES string of the molecule is COc1ccc(OC)c(NC(=O)Nc2ccc3c(c2)CN(C(=O)C(N)Cc2ccc(Cl)cc2Cl)C3)c1. The Hall–Kier alpha value is -3.46. The van der Waals surface area contributed by atoms with Gasteiger partial charge in [0, 0.05) is 34.9 Å². The van der Waals surface area contributed by atoms with Crippen molar-refractivity contribution in [1.29, 1.82) is 0 Å². The molecule has 188 valence electrons. The Morgan fingerprint density at radius 2 is 1.75 bits per heavy atom. The molecule has 4 rings (SSSR count). The van der Waals surface area contributed by atoms with E-state index in [-0.39, 0.29) is 5.91 Å². The Morgan fingerprint density at radius 3 is 2.47 bits per heavy atom. The molecule has 0 saturated heterocycles. The van der Waals surface area contributed by atoms with E-state index in [9.17, 15) is 9.59 Å². The molecule has 8 nitrogen and oxygen atoms in total. The van der Waals surface area contributed by atoms with Crippen molar-refractivity contribution in [3.8, 4) is 11.5 Å². The number of carbonyl (C=O) groups is 2. The third-order valence-corrected chi connectivity index (χ3v) is 6.51. The van der Waals surface area contributed by atoms with Crippen LogP contribution in [0.1, 0.15) is 16.7 Å². The first kappa shape index (κ1) is 25.6. The summed E-state index contributed by atoms with van der Waals surface area (Å²) in [5.41, 5.74) is 10.00. The minimum Gasteiger partial charge on any atom is -0.497 e. The third-order valence-electron chi connectivity index (χ3n) is 5.93. The van der Waals surface area contributed by atoms with Gasteiger partial charge in [-0.15, -0.1) is 0 Å². The number of halogens is 2. The summed E-state index contributed by atoms with van der Waals surface area (Å²) in [5, 5.41) is 6.60. The van der Waals surface area contributed by atoms with Crippen molar-refractivity contribution in [3.05, 3.63) is 81.3 Å². The standard InChI is InChI=1S/C26H26Cl2N4O4/c1-35-20-7-8-24(36-2)23(12-20)31-26(34)30-19-6-4-16-13-32(14-17(16)9-19)25(33)22(29)10-15-3-5-18(27)11-21(15)28/h3-9,11-12,22H,10,13-14,29H2,1-2H3,(H2,30,31,34). The first-order chi connectivity index (χ1) is 17.3. The third kappa shape index (κ3) is 5.84. The maximum atomic E-state index is 13.0. The number of carbonyl (C=O) groups excluding carboxylic acids is 2. The van der Waals surface area contributed by atoms with Gasteiger partial charge in [0.05, 0.1) is 25.9 Å². The molecule has 36 heavy (non-hydrogen) atoms. The number of urea groups is 1. The summed E-state index contributed by atoms with van der Waals surface area (Å²) in [6, 6.07) is 14.6. The van der Waals surface area contributed by atoms with E-state index in [2.05, 4.69) is 10.6 Å². The van der Waals surface area contributed by atoms with E-state index in [1.54, 1.807) is 54.5 Å². The van der Waals surface area contributed by atoms with E-state index in [4.69, 9.17) is 38.4 Å². The average molecular weight is 529 g/mol. The van der Waals surface area contributed by atoms with Crippen LogP contribution in [0.5, 0.6) is 11.5 Å². The van der Waals surface area contributed by atoms with Gasteiger partial charge in [0.2, 0.25) is 5.91 Å². The monoisotopic (exact) mass is 528 g/mol. The van der Waals surface area contributed by atoms with Gasteiger partial charge < -0.3 is 30.7 Å². The first-order valence-corrected chi connectivity index (χ1v) is 11.9. The fourth-order valence-electron chi connectivity index (χ4n) is 4.07. The highest BCUT2D eigenvalue weighted by Crippen LogP contribution is 2.30. The minimum absolute atomic E-state index is 0.172. The van der Waals surface area contributed by atoms with Crippen LogP contribution in [0.2, 0.25) is 10.0 Å². The van der Waals surface area contributed by atoms with Crippen molar-refractivity contribution in [1.82, 2.24) is 4.90 Å². The van der Waals surface area contributed by atoms with Gasteiger partial charge in [0.15, 0.2) is 0 Å². The molecule has 4 N–H and O–H groups in total. The Balaban J connectivity index is 1.38. The van der Waals surface area contributed by atoms with Gasteiger partial charge in [0.25, 0.3) is 0 Å². The van der Waals surface area contributed by atoms with Crippen LogP contribution in [0.4, 0.5) is 16.2 Å². The quantitative estimate of drug-likeness (QED) is 0.397. The van der Waals surface area contributed by atoms with E-state index in [1.807, 2.05) is 12.1 Å². The zero-order valence-electron chi connectivity index (χ0n) is 19.8. The average Bonchev–Trinajstić information content (AvgIpc) is 3.28. The Labute approximate surface area is 219 Å². The van der Waals surface area contributed by atoms with Crippen molar-refractivity contribution < 1.29 is 19.1 Å². The number of hydrogen-bond acceptors (Lipinski definition) is 5. The number of ether oxygens (including phenoxy) is 2. The summed E-state index contributed by atoms with van der Waals surface area (Å²) in [5.74, 6) is 0.921. The molecule has 1 unspecified atom stereocenters. The maximum absolute atomic E-state index is 13.0. The molecule has 0 spiro atoms. The molecular weight excluding hydrogens is 503 g/mol. The van der Waals surface area contributed by atoms with Gasteiger partial charge in [-0.3, -0.25) is 4.79 Å². The normalized spacial score (nSPS) is 13.1. The Kier molecular flexibility index (Phi) is 7.88. The van der Waals surface area contributed by atoms with Crippen molar-refractivity contribution in [3.63, 3.8) is 0 Å². The molecule has 3 amide bonds. The number of fused-ring (bicyclic) bond motifs is 1. The van der Waals surface area contributed by atoms with Crippen molar-refractivity contribution >= 4 is 46.5 Å².